The van der Waals surface area contributed by atoms with Crippen molar-refractivity contribution in [1.82, 2.24) is 5.32 Å². The van der Waals surface area contributed by atoms with Gasteiger partial charge in [0.1, 0.15) is 12.4 Å². The Morgan fingerprint density at radius 3 is 2.47 bits per heavy atom. The van der Waals surface area contributed by atoms with E-state index in [1.54, 1.807) is 12.3 Å². The van der Waals surface area contributed by atoms with Crippen molar-refractivity contribution in [2.75, 3.05) is 19.9 Å². The standard InChI is InChI=1S/C23H22FNO4S/c1-14-19(10-15-4-7-17(8-5-15)30(3)28)18-9-6-16(24)11-21(18)20(14)12-22(26)25-13-23(27)29-2/h4-11H,12-13H2,1-3H3,(H,25,26)/b19-10+/t30-/m0/s1. The zero-order valence-electron chi connectivity index (χ0n) is 17.0. The molecule has 0 fully saturated rings. The van der Waals surface area contributed by atoms with E-state index in [2.05, 4.69) is 10.1 Å². The van der Waals surface area contributed by atoms with E-state index in [-0.39, 0.29) is 24.7 Å². The van der Waals surface area contributed by atoms with E-state index in [1.165, 1.54) is 19.2 Å². The first kappa shape index (κ1) is 21.6. The normalized spacial score (nSPS) is 15.1. The van der Waals surface area contributed by atoms with Gasteiger partial charge in [0, 0.05) is 22.0 Å². The number of esters is 1. The molecule has 0 spiro atoms. The molecule has 2 aromatic rings. The molecule has 1 aliphatic carbocycles. The highest BCUT2D eigenvalue weighted by Crippen LogP contribution is 2.43. The van der Waals surface area contributed by atoms with Crippen molar-refractivity contribution in [1.29, 1.82) is 0 Å². The molecule has 0 saturated heterocycles. The number of halogens is 1. The first-order valence-electron chi connectivity index (χ1n) is 9.29. The third kappa shape index (κ3) is 4.74. The van der Waals surface area contributed by atoms with Gasteiger partial charge in [-0.3, -0.25) is 13.8 Å². The number of rotatable bonds is 6. The number of fused-ring (bicyclic) bond motifs is 1. The summed E-state index contributed by atoms with van der Waals surface area (Å²) in [5, 5.41) is 2.52. The van der Waals surface area contributed by atoms with Gasteiger partial charge in [-0.15, -0.1) is 0 Å². The van der Waals surface area contributed by atoms with Crippen molar-refractivity contribution in [3.63, 3.8) is 0 Å². The molecule has 1 aliphatic rings. The van der Waals surface area contributed by atoms with Crippen LogP contribution in [-0.2, 0) is 25.1 Å². The number of methoxy groups -OCH3 is 1. The lowest BCUT2D eigenvalue weighted by molar-refractivity contribution is -0.141. The minimum atomic E-state index is -1.05. The quantitative estimate of drug-likeness (QED) is 0.716. The molecule has 156 valence electrons. The topological polar surface area (TPSA) is 72.5 Å². The van der Waals surface area contributed by atoms with Crippen molar-refractivity contribution >= 4 is 39.9 Å². The third-order valence-electron chi connectivity index (χ3n) is 4.97. The van der Waals surface area contributed by atoms with Gasteiger partial charge in [-0.2, -0.15) is 0 Å². The van der Waals surface area contributed by atoms with Crippen LogP contribution in [0, 0.1) is 5.82 Å². The molecule has 2 aromatic carbocycles. The van der Waals surface area contributed by atoms with Crippen LogP contribution in [0.15, 0.2) is 52.9 Å². The third-order valence-corrected chi connectivity index (χ3v) is 5.91. The average molecular weight is 427 g/mol. The smallest absolute Gasteiger partial charge is 0.325 e. The minimum Gasteiger partial charge on any atom is -0.468 e. The van der Waals surface area contributed by atoms with E-state index in [0.29, 0.717) is 11.1 Å². The SMILES string of the molecule is COC(=O)CNC(=O)CC1=C(C)/C(=C\c2ccc([S@](C)=O)cc2)c2ccc(F)cc21. The predicted molar refractivity (Wildman–Crippen MR) is 115 cm³/mol. The summed E-state index contributed by atoms with van der Waals surface area (Å²) in [5.41, 5.74) is 4.89. The number of allylic oxidation sites excluding steroid dienone is 2. The van der Waals surface area contributed by atoms with E-state index in [4.69, 9.17) is 0 Å². The molecular formula is C23H22FNO4S. The Morgan fingerprint density at radius 1 is 1.13 bits per heavy atom. The minimum absolute atomic E-state index is 0.0182. The van der Waals surface area contributed by atoms with Gasteiger partial charge in [0.2, 0.25) is 5.91 Å². The molecule has 0 aromatic heterocycles. The monoisotopic (exact) mass is 427 g/mol. The van der Waals surface area contributed by atoms with Crippen LogP contribution in [0.5, 0.6) is 0 Å². The van der Waals surface area contributed by atoms with Crippen LogP contribution in [-0.4, -0.2) is 36.0 Å². The molecule has 1 amide bonds. The van der Waals surface area contributed by atoms with E-state index in [1.807, 2.05) is 37.3 Å². The second kappa shape index (κ2) is 9.17. The summed E-state index contributed by atoms with van der Waals surface area (Å²) in [5.74, 6) is -1.27. The van der Waals surface area contributed by atoms with Gasteiger partial charge < -0.3 is 10.1 Å². The number of amides is 1. The number of benzene rings is 2. The summed E-state index contributed by atoms with van der Waals surface area (Å²) >= 11 is 0. The van der Waals surface area contributed by atoms with Crippen LogP contribution < -0.4 is 5.32 Å². The molecule has 7 heteroatoms. The van der Waals surface area contributed by atoms with Gasteiger partial charge in [0.15, 0.2) is 0 Å². The number of carbonyl (C=O) groups is 2. The molecule has 0 heterocycles. The van der Waals surface area contributed by atoms with Crippen molar-refractivity contribution in [3.8, 4) is 0 Å². The maximum absolute atomic E-state index is 13.9. The van der Waals surface area contributed by atoms with Gasteiger partial charge >= 0.3 is 5.97 Å². The van der Waals surface area contributed by atoms with Crippen molar-refractivity contribution < 1.29 is 22.9 Å². The van der Waals surface area contributed by atoms with Gasteiger partial charge in [-0.1, -0.05) is 18.2 Å². The Labute approximate surface area is 177 Å². The lowest BCUT2D eigenvalue weighted by atomic mass is 10.0. The Bertz CT molecular complexity index is 1090. The number of hydrogen-bond acceptors (Lipinski definition) is 4. The van der Waals surface area contributed by atoms with Crippen LogP contribution >= 0.6 is 0 Å². The largest absolute Gasteiger partial charge is 0.468 e. The summed E-state index contributed by atoms with van der Waals surface area (Å²) in [6, 6.07) is 11.9. The van der Waals surface area contributed by atoms with Crippen molar-refractivity contribution in [3.05, 3.63) is 70.5 Å². The maximum Gasteiger partial charge on any atom is 0.325 e. The fourth-order valence-corrected chi connectivity index (χ4v) is 3.89. The molecule has 0 bridgehead atoms. The second-order valence-corrected chi connectivity index (χ2v) is 8.28. The van der Waals surface area contributed by atoms with E-state index in [9.17, 15) is 18.2 Å². The zero-order valence-corrected chi connectivity index (χ0v) is 17.8. The fourth-order valence-electron chi connectivity index (χ4n) is 3.37. The number of hydrogen-bond donors (Lipinski definition) is 1. The van der Waals surface area contributed by atoms with Crippen LogP contribution in [0.3, 0.4) is 0 Å². The molecule has 0 unspecified atom stereocenters. The van der Waals surface area contributed by atoms with Gasteiger partial charge in [-0.25, -0.2) is 4.39 Å². The molecule has 0 radical (unpaired) electrons. The van der Waals surface area contributed by atoms with Crippen LogP contribution in [0.2, 0.25) is 0 Å². The number of ether oxygens (including phenoxy) is 1. The first-order chi connectivity index (χ1) is 14.3. The average Bonchev–Trinajstić information content (AvgIpc) is 2.97. The maximum atomic E-state index is 13.9. The molecular weight excluding hydrogens is 405 g/mol. The van der Waals surface area contributed by atoms with Crippen LogP contribution in [0.1, 0.15) is 30.0 Å². The zero-order chi connectivity index (χ0) is 21.8. The Kier molecular flexibility index (Phi) is 6.62. The van der Waals surface area contributed by atoms with Gasteiger partial charge in [0.05, 0.1) is 13.5 Å². The van der Waals surface area contributed by atoms with Crippen LogP contribution in [0.25, 0.3) is 17.2 Å². The molecule has 1 atom stereocenters. The first-order valence-corrected chi connectivity index (χ1v) is 10.8. The molecule has 30 heavy (non-hydrogen) atoms. The lowest BCUT2D eigenvalue weighted by Gasteiger charge is -2.07. The number of nitrogens with one attached hydrogen (secondary N) is 1. The summed E-state index contributed by atoms with van der Waals surface area (Å²) in [4.78, 5) is 24.3. The summed E-state index contributed by atoms with van der Waals surface area (Å²) in [7, 11) is 0.194. The predicted octanol–water partition coefficient (Wildman–Crippen LogP) is 3.57. The summed E-state index contributed by atoms with van der Waals surface area (Å²) in [6.45, 7) is 1.67. The second-order valence-electron chi connectivity index (χ2n) is 6.90. The Morgan fingerprint density at radius 2 is 1.83 bits per heavy atom. The van der Waals surface area contributed by atoms with E-state index >= 15 is 0 Å². The molecule has 5 nitrogen and oxygen atoms in total. The van der Waals surface area contributed by atoms with Crippen molar-refractivity contribution in [2.24, 2.45) is 0 Å². The molecule has 0 saturated carbocycles. The number of carbonyl (C=O) groups excluding carboxylic acids is 2. The van der Waals surface area contributed by atoms with Crippen LogP contribution in [0.4, 0.5) is 4.39 Å². The lowest BCUT2D eigenvalue weighted by Crippen LogP contribution is -2.30. The highest BCUT2D eigenvalue weighted by molar-refractivity contribution is 7.84. The summed E-state index contributed by atoms with van der Waals surface area (Å²) in [6.07, 6.45) is 3.61. The van der Waals surface area contributed by atoms with E-state index < -0.39 is 16.8 Å². The highest BCUT2D eigenvalue weighted by atomic mass is 32.2. The summed E-state index contributed by atoms with van der Waals surface area (Å²) < 4.78 is 30.1. The Balaban J connectivity index is 1.95. The molecule has 0 aliphatic heterocycles. The highest BCUT2D eigenvalue weighted by Gasteiger charge is 2.26. The van der Waals surface area contributed by atoms with E-state index in [0.717, 1.165) is 27.2 Å². The fraction of sp³-hybridized carbons (Fsp3) is 0.217. The molecule has 1 N–H and O–H groups in total. The van der Waals surface area contributed by atoms with Gasteiger partial charge in [0.25, 0.3) is 0 Å². The van der Waals surface area contributed by atoms with Gasteiger partial charge in [-0.05, 0) is 70.7 Å². The molecule has 3 rings (SSSR count). The Hall–Kier alpha value is -3.06. The van der Waals surface area contributed by atoms with Crippen molar-refractivity contribution in [2.45, 2.75) is 18.2 Å².